The number of hydrogen-bond donors (Lipinski definition) is 0. The van der Waals surface area contributed by atoms with Crippen LogP contribution in [0.5, 0.6) is 0 Å². The number of aromatic nitrogens is 2. The summed E-state index contributed by atoms with van der Waals surface area (Å²) in [6.07, 6.45) is 1.81. The zero-order valence-electron chi connectivity index (χ0n) is 16.7. The lowest BCUT2D eigenvalue weighted by atomic mass is 10.2. The number of alkyl halides is 3. The first-order valence-corrected chi connectivity index (χ1v) is 10.8. The Morgan fingerprint density at radius 2 is 1.88 bits per heavy atom. The summed E-state index contributed by atoms with van der Waals surface area (Å²) < 4.78 is 66.3. The largest absolute Gasteiger partial charge is 0.568 e. The number of anilines is 1. The van der Waals surface area contributed by atoms with Gasteiger partial charge in [-0.2, -0.15) is 13.2 Å². The minimum Gasteiger partial charge on any atom is -0.568 e. The topological polar surface area (TPSA) is 103 Å². The molecule has 0 N–H and O–H groups in total. The van der Waals surface area contributed by atoms with Crippen molar-refractivity contribution in [3.05, 3.63) is 45.8 Å². The summed E-state index contributed by atoms with van der Waals surface area (Å²) in [5.41, 5.74) is -5.82. The van der Waals surface area contributed by atoms with Gasteiger partial charge in [-0.3, -0.25) is 0 Å². The number of imidazole rings is 1. The second-order valence-electron chi connectivity index (χ2n) is 6.61. The average molecular weight is 465 g/mol. The van der Waals surface area contributed by atoms with E-state index >= 15 is 0 Å². The summed E-state index contributed by atoms with van der Waals surface area (Å²) in [5, 5.41) is 7.68. The van der Waals surface area contributed by atoms with E-state index in [9.17, 15) is 21.6 Å². The highest BCUT2D eigenvalue weighted by molar-refractivity contribution is 7.95. The molecule has 168 valence electrons. The Bertz CT molecular complexity index is 1230. The first-order chi connectivity index (χ1) is 15.1. The summed E-state index contributed by atoms with van der Waals surface area (Å²) in [4.78, 5) is 12.2. The van der Waals surface area contributed by atoms with Crippen molar-refractivity contribution in [3.8, 4) is 0 Å². The highest BCUT2D eigenvalue weighted by atomic mass is 32.2. The third-order valence-electron chi connectivity index (χ3n) is 4.62. The van der Waals surface area contributed by atoms with E-state index in [1.807, 2.05) is 4.90 Å². The van der Waals surface area contributed by atoms with Crippen LogP contribution >= 0.6 is 0 Å². The van der Waals surface area contributed by atoms with E-state index in [2.05, 4.69) is 29.6 Å². The maximum Gasteiger partial charge on any atom is 0.483 e. The SMILES string of the molecule is [C-]#[N+]c1nc(N=Nc2ccc(N3CCCC3)cc2[N-]S(=O)(=O)C(F)(F)F)n(CC)c1[N+]#[C-]. The molecule has 1 aliphatic heterocycles. The summed E-state index contributed by atoms with van der Waals surface area (Å²) in [7, 11) is -5.82. The van der Waals surface area contributed by atoms with Crippen molar-refractivity contribution in [3.63, 3.8) is 0 Å². The van der Waals surface area contributed by atoms with Gasteiger partial charge in [0.15, 0.2) is 10.0 Å². The molecule has 1 aromatic heterocycles. The highest BCUT2D eigenvalue weighted by Crippen LogP contribution is 2.43. The van der Waals surface area contributed by atoms with Crippen molar-refractivity contribution in [2.24, 2.45) is 10.2 Å². The van der Waals surface area contributed by atoms with Crippen LogP contribution in [-0.4, -0.2) is 36.6 Å². The van der Waals surface area contributed by atoms with E-state index in [1.165, 1.54) is 16.7 Å². The van der Waals surface area contributed by atoms with E-state index < -0.39 is 21.2 Å². The molecule has 1 saturated heterocycles. The fourth-order valence-corrected chi connectivity index (χ4v) is 3.60. The minimum absolute atomic E-state index is 0.0506. The third-order valence-corrected chi connectivity index (χ3v) is 5.64. The molecule has 2 heterocycles. The Labute approximate surface area is 182 Å². The van der Waals surface area contributed by atoms with E-state index in [4.69, 9.17) is 13.1 Å². The Morgan fingerprint density at radius 1 is 1.19 bits per heavy atom. The van der Waals surface area contributed by atoms with Crippen molar-refractivity contribution in [1.29, 1.82) is 0 Å². The maximum atomic E-state index is 12.9. The van der Waals surface area contributed by atoms with E-state index in [1.54, 1.807) is 13.0 Å². The van der Waals surface area contributed by atoms with Gasteiger partial charge in [-0.05, 0) is 31.9 Å². The monoisotopic (exact) mass is 465 g/mol. The van der Waals surface area contributed by atoms with Gasteiger partial charge in [0, 0.05) is 18.8 Å². The molecule has 10 nitrogen and oxygen atoms in total. The van der Waals surface area contributed by atoms with Gasteiger partial charge in [-0.1, -0.05) is 35.0 Å². The number of rotatable bonds is 6. The van der Waals surface area contributed by atoms with E-state index in [0.717, 1.165) is 12.8 Å². The predicted molar refractivity (Wildman–Crippen MR) is 110 cm³/mol. The smallest absolute Gasteiger partial charge is 0.483 e. The van der Waals surface area contributed by atoms with Crippen molar-refractivity contribution >= 4 is 44.7 Å². The molecule has 0 unspecified atom stereocenters. The van der Waals surface area contributed by atoms with Crippen LogP contribution in [0, 0.1) is 13.1 Å². The molecule has 1 aromatic carbocycles. The van der Waals surface area contributed by atoms with Crippen molar-refractivity contribution in [2.75, 3.05) is 18.0 Å². The molecule has 3 rings (SSSR count). The summed E-state index contributed by atoms with van der Waals surface area (Å²) in [6.45, 7) is 17.6. The molecule has 0 spiro atoms. The molecule has 32 heavy (non-hydrogen) atoms. The van der Waals surface area contributed by atoms with E-state index in [-0.39, 0.29) is 29.8 Å². The number of sulfonamides is 1. The number of azo groups is 1. The van der Waals surface area contributed by atoms with Gasteiger partial charge < -0.3 is 19.3 Å². The molecule has 1 aliphatic rings. The van der Waals surface area contributed by atoms with Crippen LogP contribution in [-0.2, 0) is 16.6 Å². The lowest BCUT2D eigenvalue weighted by molar-refractivity contribution is -0.0425. The lowest BCUT2D eigenvalue weighted by Gasteiger charge is -2.27. The quantitative estimate of drug-likeness (QED) is 0.393. The summed E-state index contributed by atoms with van der Waals surface area (Å²) in [5.74, 6) is -0.354. The van der Waals surface area contributed by atoms with Crippen LogP contribution in [0.4, 0.5) is 47.8 Å². The zero-order valence-corrected chi connectivity index (χ0v) is 17.5. The minimum atomic E-state index is -5.82. The first kappa shape index (κ1) is 23.0. The van der Waals surface area contributed by atoms with Crippen LogP contribution in [0.3, 0.4) is 0 Å². The molecular formula is C18H16F3N8O2S-. The second-order valence-corrected chi connectivity index (χ2v) is 8.20. The Balaban J connectivity index is 2.05. The summed E-state index contributed by atoms with van der Waals surface area (Å²) >= 11 is 0. The van der Waals surface area contributed by atoms with Crippen molar-refractivity contribution < 1.29 is 21.6 Å². The Kier molecular flexibility index (Phi) is 6.36. The van der Waals surface area contributed by atoms with Crippen LogP contribution in [0.1, 0.15) is 19.8 Å². The number of benzene rings is 1. The fourth-order valence-electron chi connectivity index (χ4n) is 3.09. The zero-order chi connectivity index (χ0) is 23.5. The first-order valence-electron chi connectivity index (χ1n) is 9.31. The van der Waals surface area contributed by atoms with Crippen LogP contribution in [0.2, 0.25) is 0 Å². The third kappa shape index (κ3) is 4.50. The molecule has 14 heteroatoms. The fraction of sp³-hybridized carbons (Fsp3) is 0.389. The van der Waals surface area contributed by atoms with Crippen LogP contribution < -0.4 is 4.90 Å². The molecule has 0 atom stereocenters. The molecule has 0 aliphatic carbocycles. The number of nitrogens with zero attached hydrogens (tertiary/aromatic N) is 8. The lowest BCUT2D eigenvalue weighted by Crippen LogP contribution is -2.21. The highest BCUT2D eigenvalue weighted by Gasteiger charge is 2.39. The number of hydrogen-bond acceptors (Lipinski definition) is 6. The van der Waals surface area contributed by atoms with Gasteiger partial charge in [0.05, 0.1) is 12.2 Å². The van der Waals surface area contributed by atoms with E-state index in [0.29, 0.717) is 18.8 Å². The molecule has 2 aromatic rings. The average Bonchev–Trinajstić information content (AvgIpc) is 3.39. The number of halogens is 3. The molecule has 0 bridgehead atoms. The van der Waals surface area contributed by atoms with Gasteiger partial charge in [0.1, 0.15) is 0 Å². The second kappa shape index (κ2) is 8.84. The van der Waals surface area contributed by atoms with Gasteiger partial charge in [0.2, 0.25) is 0 Å². The van der Waals surface area contributed by atoms with Gasteiger partial charge in [0.25, 0.3) is 11.6 Å². The van der Waals surface area contributed by atoms with Crippen molar-refractivity contribution in [1.82, 2.24) is 9.55 Å². The molecule has 0 radical (unpaired) electrons. The van der Waals surface area contributed by atoms with Gasteiger partial charge in [-0.15, -0.1) is 5.11 Å². The molecule has 0 amide bonds. The molecular weight excluding hydrogens is 449 g/mol. The Morgan fingerprint density at radius 3 is 2.44 bits per heavy atom. The predicted octanol–water partition coefficient (Wildman–Crippen LogP) is 5.87. The van der Waals surface area contributed by atoms with Crippen LogP contribution in [0.25, 0.3) is 14.4 Å². The van der Waals surface area contributed by atoms with Crippen LogP contribution in [0.15, 0.2) is 28.4 Å². The standard InChI is InChI=1S/C18H16F3N8O2S/c1-4-29-16(23-3)15(22-2)24-17(29)26-25-13-8-7-12(28-9-5-6-10-28)11-14(13)27-32(30,31)18(19,20)21/h7-8,11H,4-6,9-10H2,1H3/q-1. The summed E-state index contributed by atoms with van der Waals surface area (Å²) in [6, 6.07) is 4.11. The van der Waals surface area contributed by atoms with Crippen molar-refractivity contribution in [2.45, 2.75) is 31.8 Å². The molecule has 1 fully saturated rings. The normalized spacial score (nSPS) is 14.5. The Hall–Kier alpha value is -3.65. The van der Waals surface area contributed by atoms with Gasteiger partial charge >= 0.3 is 11.5 Å². The maximum absolute atomic E-state index is 12.9. The van der Waals surface area contributed by atoms with Gasteiger partial charge in [-0.25, -0.2) is 13.0 Å². The molecule has 0 saturated carbocycles.